The molecule has 3 rings (SSSR count). The second kappa shape index (κ2) is 10.0. The van der Waals surface area contributed by atoms with Gasteiger partial charge in [0, 0.05) is 16.5 Å². The molecule has 1 aromatic carbocycles. The lowest BCUT2D eigenvalue weighted by molar-refractivity contribution is -0.142. The highest BCUT2D eigenvalue weighted by Gasteiger charge is 2.45. The normalized spacial score (nSPS) is 14.0. The number of thioether (sulfide) groups is 1. The number of hydrogen-bond acceptors (Lipinski definition) is 5. The Balaban J connectivity index is 0.000000791. The summed E-state index contributed by atoms with van der Waals surface area (Å²) in [4.78, 5) is 16.7. The lowest BCUT2D eigenvalue weighted by Crippen LogP contribution is -2.41. The predicted molar refractivity (Wildman–Crippen MR) is 106 cm³/mol. The van der Waals surface area contributed by atoms with Crippen LogP contribution in [-0.4, -0.2) is 27.4 Å². The SMILES string of the molecule is C.CCC.N#CCOc1ccc2nccc(SC3(C(=O)O)CCC3)c2c1. The molecule has 1 aliphatic carbocycles. The van der Waals surface area contributed by atoms with Gasteiger partial charge < -0.3 is 9.84 Å². The molecule has 0 aliphatic heterocycles. The molecule has 1 N–H and O–H groups in total. The van der Waals surface area contributed by atoms with Crippen LogP contribution in [0.4, 0.5) is 0 Å². The standard InChI is InChI=1S/C16H14N2O3S.C3H8.CH4/c17-7-9-21-11-2-3-13-12(10-11)14(4-8-18-13)22-16(15(19)20)5-1-6-16;1-3-2;/h2-4,8,10H,1,5-6,9H2,(H,19,20);3H2,1-2H3;1H4. The van der Waals surface area contributed by atoms with E-state index < -0.39 is 10.7 Å². The molecule has 0 atom stereocenters. The Hall–Kier alpha value is -2.26. The number of nitriles is 1. The largest absolute Gasteiger partial charge is 0.480 e. The van der Waals surface area contributed by atoms with E-state index in [0.29, 0.717) is 18.6 Å². The van der Waals surface area contributed by atoms with Crippen molar-refractivity contribution in [2.24, 2.45) is 0 Å². The number of ether oxygens (including phenoxy) is 1. The van der Waals surface area contributed by atoms with Crippen molar-refractivity contribution in [3.63, 3.8) is 0 Å². The smallest absolute Gasteiger partial charge is 0.320 e. The van der Waals surface area contributed by atoms with Crippen LogP contribution < -0.4 is 4.74 Å². The molecule has 1 fully saturated rings. The molecule has 6 heteroatoms. The third kappa shape index (κ3) is 4.89. The highest BCUT2D eigenvalue weighted by atomic mass is 32.2. The van der Waals surface area contributed by atoms with Gasteiger partial charge in [0.05, 0.1) is 5.52 Å². The van der Waals surface area contributed by atoms with E-state index in [1.54, 1.807) is 12.3 Å². The predicted octanol–water partition coefficient (Wildman–Crippen LogP) is 5.29. The van der Waals surface area contributed by atoms with E-state index in [4.69, 9.17) is 10.00 Å². The fourth-order valence-corrected chi connectivity index (χ4v) is 3.87. The molecule has 1 aromatic heterocycles. The average Bonchev–Trinajstić information content (AvgIpc) is 2.56. The van der Waals surface area contributed by atoms with E-state index in [-0.39, 0.29) is 14.0 Å². The summed E-state index contributed by atoms with van der Waals surface area (Å²) in [5, 5.41) is 18.9. The minimum absolute atomic E-state index is 0. The number of nitrogens with zero attached hydrogens (tertiary/aromatic N) is 2. The topological polar surface area (TPSA) is 83.2 Å². The molecule has 0 spiro atoms. The molecule has 1 heterocycles. The van der Waals surface area contributed by atoms with Crippen molar-refractivity contribution in [1.29, 1.82) is 5.26 Å². The van der Waals surface area contributed by atoms with Crippen LogP contribution in [-0.2, 0) is 4.79 Å². The zero-order valence-electron chi connectivity index (χ0n) is 14.5. The monoisotopic (exact) mass is 374 g/mol. The number of hydrogen-bond donors (Lipinski definition) is 1. The highest BCUT2D eigenvalue weighted by molar-refractivity contribution is 8.01. The second-order valence-electron chi connectivity index (χ2n) is 5.90. The lowest BCUT2D eigenvalue weighted by Gasteiger charge is -2.37. The van der Waals surface area contributed by atoms with Crippen molar-refractivity contribution in [3.8, 4) is 11.8 Å². The summed E-state index contributed by atoms with van der Waals surface area (Å²) < 4.78 is 4.60. The van der Waals surface area contributed by atoms with Gasteiger partial charge in [0.25, 0.3) is 0 Å². The van der Waals surface area contributed by atoms with Gasteiger partial charge in [0.15, 0.2) is 6.61 Å². The minimum atomic E-state index is -0.759. The number of aromatic nitrogens is 1. The van der Waals surface area contributed by atoms with Gasteiger partial charge in [-0.05, 0) is 43.5 Å². The molecule has 1 saturated carbocycles. The molecule has 0 unspecified atom stereocenters. The number of carbonyl (C=O) groups is 1. The van der Waals surface area contributed by atoms with E-state index in [1.807, 2.05) is 24.3 Å². The maximum atomic E-state index is 11.6. The molecule has 26 heavy (non-hydrogen) atoms. The first-order chi connectivity index (χ1) is 12.1. The summed E-state index contributed by atoms with van der Waals surface area (Å²) in [6.07, 6.45) is 5.25. The van der Waals surface area contributed by atoms with Crippen molar-refractivity contribution in [2.75, 3.05) is 6.61 Å². The van der Waals surface area contributed by atoms with Crippen LogP contribution in [0.3, 0.4) is 0 Å². The summed E-state index contributed by atoms with van der Waals surface area (Å²) >= 11 is 1.39. The molecular formula is C20H26N2O3S. The number of rotatable bonds is 5. The van der Waals surface area contributed by atoms with Gasteiger partial charge in [-0.1, -0.05) is 27.7 Å². The van der Waals surface area contributed by atoms with Crippen molar-refractivity contribution >= 4 is 28.6 Å². The quantitative estimate of drug-likeness (QED) is 0.765. The van der Waals surface area contributed by atoms with E-state index >= 15 is 0 Å². The summed E-state index contributed by atoms with van der Waals surface area (Å²) in [6, 6.07) is 9.16. The number of aliphatic carboxylic acids is 1. The number of carboxylic acids is 1. The number of pyridine rings is 1. The van der Waals surface area contributed by atoms with Gasteiger partial charge in [0.1, 0.15) is 16.6 Å². The van der Waals surface area contributed by atoms with Crippen LogP contribution in [0, 0.1) is 11.3 Å². The van der Waals surface area contributed by atoms with E-state index in [2.05, 4.69) is 18.8 Å². The zero-order chi connectivity index (χ0) is 18.3. The van der Waals surface area contributed by atoms with Crippen molar-refractivity contribution in [2.45, 2.75) is 56.6 Å². The molecule has 5 nitrogen and oxygen atoms in total. The third-order valence-corrected chi connectivity index (χ3v) is 5.38. The molecule has 2 aromatic rings. The Morgan fingerprint density at radius 2 is 2.08 bits per heavy atom. The number of fused-ring (bicyclic) bond motifs is 1. The van der Waals surface area contributed by atoms with E-state index in [0.717, 1.165) is 22.2 Å². The minimum Gasteiger partial charge on any atom is -0.480 e. The maximum Gasteiger partial charge on any atom is 0.320 e. The van der Waals surface area contributed by atoms with Gasteiger partial charge in [0.2, 0.25) is 0 Å². The Morgan fingerprint density at radius 1 is 1.38 bits per heavy atom. The Bertz CT molecular complexity index is 782. The van der Waals surface area contributed by atoms with Crippen LogP contribution in [0.1, 0.15) is 47.0 Å². The maximum absolute atomic E-state index is 11.6. The van der Waals surface area contributed by atoms with Crippen LogP contribution in [0.2, 0.25) is 0 Å². The summed E-state index contributed by atoms with van der Waals surface area (Å²) in [5.74, 6) is -0.174. The summed E-state index contributed by atoms with van der Waals surface area (Å²) in [5.41, 5.74) is 0.786. The van der Waals surface area contributed by atoms with Crippen molar-refractivity contribution < 1.29 is 14.6 Å². The fraction of sp³-hybridized carbons (Fsp3) is 0.450. The van der Waals surface area contributed by atoms with Crippen LogP contribution >= 0.6 is 11.8 Å². The van der Waals surface area contributed by atoms with E-state index in [1.165, 1.54) is 18.2 Å². The molecule has 1 aliphatic rings. The third-order valence-electron chi connectivity index (χ3n) is 3.83. The number of carboxylic acid groups (broad SMARTS) is 1. The second-order valence-corrected chi connectivity index (χ2v) is 7.32. The van der Waals surface area contributed by atoms with E-state index in [9.17, 15) is 9.90 Å². The van der Waals surface area contributed by atoms with Gasteiger partial charge in [-0.15, -0.1) is 11.8 Å². The summed E-state index contributed by atoms with van der Waals surface area (Å²) in [6.45, 7) is 4.23. The molecule has 0 amide bonds. The van der Waals surface area contributed by atoms with Gasteiger partial charge >= 0.3 is 5.97 Å². The average molecular weight is 375 g/mol. The lowest BCUT2D eigenvalue weighted by atomic mass is 9.84. The fourth-order valence-electron chi connectivity index (χ4n) is 2.46. The van der Waals surface area contributed by atoms with Gasteiger partial charge in [-0.3, -0.25) is 9.78 Å². The molecule has 0 radical (unpaired) electrons. The van der Waals surface area contributed by atoms with Crippen LogP contribution in [0.25, 0.3) is 10.9 Å². The van der Waals surface area contributed by atoms with Crippen LogP contribution in [0.15, 0.2) is 35.4 Å². The Labute approximate surface area is 159 Å². The zero-order valence-corrected chi connectivity index (χ0v) is 15.3. The van der Waals surface area contributed by atoms with Gasteiger partial charge in [-0.2, -0.15) is 5.26 Å². The van der Waals surface area contributed by atoms with Crippen LogP contribution in [0.5, 0.6) is 5.75 Å². The first kappa shape index (κ1) is 21.8. The first-order valence-electron chi connectivity index (χ1n) is 8.37. The molecular weight excluding hydrogens is 348 g/mol. The first-order valence-corrected chi connectivity index (χ1v) is 9.19. The molecule has 140 valence electrons. The highest BCUT2D eigenvalue weighted by Crippen LogP contribution is 2.49. The van der Waals surface area contributed by atoms with Crippen molar-refractivity contribution in [1.82, 2.24) is 4.98 Å². The molecule has 0 saturated heterocycles. The summed E-state index contributed by atoms with van der Waals surface area (Å²) in [7, 11) is 0. The van der Waals surface area contributed by atoms with Gasteiger partial charge in [-0.25, -0.2) is 0 Å². The number of benzene rings is 1. The Morgan fingerprint density at radius 3 is 2.62 bits per heavy atom. The Kier molecular flexibility index (Phi) is 8.40. The molecule has 0 bridgehead atoms. The van der Waals surface area contributed by atoms with Crippen molar-refractivity contribution in [3.05, 3.63) is 30.5 Å².